The summed E-state index contributed by atoms with van der Waals surface area (Å²) in [5.41, 5.74) is 1.67. The quantitative estimate of drug-likeness (QED) is 0.813. The summed E-state index contributed by atoms with van der Waals surface area (Å²) in [6, 6.07) is 3.79. The fraction of sp³-hybridized carbons (Fsp3) is 0.500. The van der Waals surface area contributed by atoms with Gasteiger partial charge in [0.15, 0.2) is 0 Å². The SMILES string of the molecule is COCCn1c(C)cnc1C1CCN(Cc2ccc(F)cc2F)C1. The fourth-order valence-electron chi connectivity index (χ4n) is 3.36. The summed E-state index contributed by atoms with van der Waals surface area (Å²) in [5, 5.41) is 0. The molecule has 1 aromatic carbocycles. The highest BCUT2D eigenvalue weighted by Gasteiger charge is 2.28. The molecule has 1 aromatic heterocycles. The summed E-state index contributed by atoms with van der Waals surface area (Å²) in [7, 11) is 1.69. The Balaban J connectivity index is 1.67. The zero-order valence-corrected chi connectivity index (χ0v) is 14.1. The average Bonchev–Trinajstić information content (AvgIpc) is 3.15. The Kier molecular flexibility index (Phi) is 5.26. The van der Waals surface area contributed by atoms with E-state index in [4.69, 9.17) is 4.74 Å². The molecule has 3 rings (SSSR count). The molecule has 0 aliphatic carbocycles. The van der Waals surface area contributed by atoms with Gasteiger partial charge in [-0.3, -0.25) is 4.90 Å². The molecule has 2 aromatic rings. The predicted octanol–water partition coefficient (Wildman–Crippen LogP) is 3.11. The Labute approximate surface area is 141 Å². The minimum atomic E-state index is -0.536. The number of hydrogen-bond acceptors (Lipinski definition) is 3. The van der Waals surface area contributed by atoms with Crippen LogP contribution in [0.15, 0.2) is 24.4 Å². The molecule has 0 saturated carbocycles. The van der Waals surface area contributed by atoms with Crippen LogP contribution in [0.3, 0.4) is 0 Å². The summed E-state index contributed by atoms with van der Waals surface area (Å²) < 4.78 is 34.2. The van der Waals surface area contributed by atoms with Crippen molar-refractivity contribution in [3.8, 4) is 0 Å². The Bertz CT molecular complexity index is 702. The van der Waals surface area contributed by atoms with E-state index in [9.17, 15) is 8.78 Å². The Hall–Kier alpha value is -1.79. The topological polar surface area (TPSA) is 30.3 Å². The van der Waals surface area contributed by atoms with E-state index < -0.39 is 11.6 Å². The van der Waals surface area contributed by atoms with Gasteiger partial charge in [-0.15, -0.1) is 0 Å². The van der Waals surface area contributed by atoms with E-state index in [2.05, 4.69) is 14.5 Å². The smallest absolute Gasteiger partial charge is 0.130 e. The van der Waals surface area contributed by atoms with Gasteiger partial charge in [0.2, 0.25) is 0 Å². The third-order valence-electron chi connectivity index (χ3n) is 4.65. The number of benzene rings is 1. The molecule has 6 heteroatoms. The molecule has 1 aliphatic rings. The minimum Gasteiger partial charge on any atom is -0.383 e. The summed E-state index contributed by atoms with van der Waals surface area (Å²) in [5.74, 6) is 0.396. The number of aryl methyl sites for hydroxylation is 1. The predicted molar refractivity (Wildman–Crippen MR) is 87.8 cm³/mol. The van der Waals surface area contributed by atoms with Crippen molar-refractivity contribution in [2.75, 3.05) is 26.8 Å². The number of hydrogen-bond donors (Lipinski definition) is 0. The summed E-state index contributed by atoms with van der Waals surface area (Å²) in [6.07, 6.45) is 2.89. The van der Waals surface area contributed by atoms with Crippen molar-refractivity contribution in [1.29, 1.82) is 0 Å². The average molecular weight is 335 g/mol. The van der Waals surface area contributed by atoms with Crippen LogP contribution in [-0.4, -0.2) is 41.3 Å². The number of ether oxygens (including phenoxy) is 1. The van der Waals surface area contributed by atoms with Gasteiger partial charge in [0.05, 0.1) is 6.61 Å². The van der Waals surface area contributed by atoms with Gasteiger partial charge >= 0.3 is 0 Å². The molecule has 0 N–H and O–H groups in total. The van der Waals surface area contributed by atoms with E-state index in [1.807, 2.05) is 13.1 Å². The standard InChI is InChI=1S/C18H23F2N3O/c1-13-10-21-18(23(13)7-8-24-2)15-5-6-22(12-15)11-14-3-4-16(19)9-17(14)20/h3-4,9-10,15H,5-8,11-12H2,1-2H3. The van der Waals surface area contributed by atoms with Crippen molar-refractivity contribution < 1.29 is 13.5 Å². The zero-order chi connectivity index (χ0) is 17.1. The molecule has 0 bridgehead atoms. The number of methoxy groups -OCH3 is 1. The van der Waals surface area contributed by atoms with Crippen LogP contribution in [-0.2, 0) is 17.8 Å². The van der Waals surface area contributed by atoms with Crippen LogP contribution in [0.2, 0.25) is 0 Å². The van der Waals surface area contributed by atoms with Crippen LogP contribution in [0, 0.1) is 18.6 Å². The molecule has 0 spiro atoms. The Morgan fingerprint density at radius 1 is 1.33 bits per heavy atom. The van der Waals surface area contributed by atoms with E-state index in [0.29, 0.717) is 24.6 Å². The van der Waals surface area contributed by atoms with E-state index in [1.165, 1.54) is 12.1 Å². The molecule has 0 radical (unpaired) electrons. The van der Waals surface area contributed by atoms with Crippen molar-refractivity contribution >= 4 is 0 Å². The highest BCUT2D eigenvalue weighted by atomic mass is 19.1. The lowest BCUT2D eigenvalue weighted by Crippen LogP contribution is -2.21. The van der Waals surface area contributed by atoms with Gasteiger partial charge in [0, 0.05) is 56.2 Å². The van der Waals surface area contributed by atoms with Crippen LogP contribution in [0.5, 0.6) is 0 Å². The molecule has 1 unspecified atom stereocenters. The van der Waals surface area contributed by atoms with Crippen LogP contribution < -0.4 is 0 Å². The number of rotatable bonds is 6. The second kappa shape index (κ2) is 7.40. The number of halogens is 2. The van der Waals surface area contributed by atoms with Crippen molar-refractivity contribution in [3.63, 3.8) is 0 Å². The third-order valence-corrected chi connectivity index (χ3v) is 4.65. The minimum absolute atomic E-state index is 0.332. The van der Waals surface area contributed by atoms with E-state index >= 15 is 0 Å². The third kappa shape index (κ3) is 3.65. The maximum absolute atomic E-state index is 13.8. The maximum atomic E-state index is 13.8. The molecule has 130 valence electrons. The van der Waals surface area contributed by atoms with Gasteiger partial charge in [-0.1, -0.05) is 6.07 Å². The number of imidazole rings is 1. The van der Waals surface area contributed by atoms with Gasteiger partial charge in [-0.05, 0) is 26.0 Å². The van der Waals surface area contributed by atoms with Crippen LogP contribution in [0.25, 0.3) is 0 Å². The van der Waals surface area contributed by atoms with Crippen molar-refractivity contribution in [3.05, 3.63) is 53.1 Å². The second-order valence-corrected chi connectivity index (χ2v) is 6.36. The van der Waals surface area contributed by atoms with Gasteiger partial charge in [-0.2, -0.15) is 0 Å². The van der Waals surface area contributed by atoms with Gasteiger partial charge in [0.1, 0.15) is 17.5 Å². The van der Waals surface area contributed by atoms with E-state index in [1.54, 1.807) is 7.11 Å². The number of likely N-dealkylation sites (tertiary alicyclic amines) is 1. The maximum Gasteiger partial charge on any atom is 0.130 e. The number of nitrogens with zero attached hydrogens (tertiary/aromatic N) is 3. The summed E-state index contributed by atoms with van der Waals surface area (Å²) in [4.78, 5) is 6.78. The lowest BCUT2D eigenvalue weighted by Gasteiger charge is -2.17. The Morgan fingerprint density at radius 2 is 2.17 bits per heavy atom. The first-order valence-corrected chi connectivity index (χ1v) is 8.25. The highest BCUT2D eigenvalue weighted by Crippen LogP contribution is 2.28. The number of aromatic nitrogens is 2. The van der Waals surface area contributed by atoms with Crippen molar-refractivity contribution in [2.24, 2.45) is 0 Å². The molecule has 1 fully saturated rings. The van der Waals surface area contributed by atoms with Gasteiger partial charge < -0.3 is 9.30 Å². The van der Waals surface area contributed by atoms with Crippen LogP contribution in [0.1, 0.15) is 29.4 Å². The molecule has 0 amide bonds. The highest BCUT2D eigenvalue weighted by molar-refractivity contribution is 5.19. The van der Waals surface area contributed by atoms with Crippen LogP contribution in [0.4, 0.5) is 8.78 Å². The van der Waals surface area contributed by atoms with Gasteiger partial charge in [0.25, 0.3) is 0 Å². The van der Waals surface area contributed by atoms with Crippen LogP contribution >= 0.6 is 0 Å². The zero-order valence-electron chi connectivity index (χ0n) is 14.1. The van der Waals surface area contributed by atoms with E-state index in [-0.39, 0.29) is 0 Å². The first-order valence-electron chi connectivity index (χ1n) is 8.25. The first-order chi connectivity index (χ1) is 11.6. The first kappa shape index (κ1) is 17.0. The molecule has 1 aliphatic heterocycles. The lowest BCUT2D eigenvalue weighted by atomic mass is 10.1. The molecule has 1 atom stereocenters. The van der Waals surface area contributed by atoms with Gasteiger partial charge in [-0.25, -0.2) is 13.8 Å². The molecular formula is C18H23F2N3O. The largest absolute Gasteiger partial charge is 0.383 e. The van der Waals surface area contributed by atoms with Crippen molar-refractivity contribution in [2.45, 2.75) is 32.4 Å². The molecule has 24 heavy (non-hydrogen) atoms. The molecule has 2 heterocycles. The summed E-state index contributed by atoms with van der Waals surface area (Å²) >= 11 is 0. The summed E-state index contributed by atoms with van der Waals surface area (Å²) in [6.45, 7) is 5.72. The second-order valence-electron chi connectivity index (χ2n) is 6.36. The Morgan fingerprint density at radius 3 is 2.92 bits per heavy atom. The van der Waals surface area contributed by atoms with Crippen molar-refractivity contribution in [1.82, 2.24) is 14.5 Å². The normalized spacial score (nSPS) is 18.4. The van der Waals surface area contributed by atoms with E-state index in [0.717, 1.165) is 43.6 Å². The monoisotopic (exact) mass is 335 g/mol. The molecule has 1 saturated heterocycles. The lowest BCUT2D eigenvalue weighted by molar-refractivity contribution is 0.185. The fourth-order valence-corrected chi connectivity index (χ4v) is 3.36. The molecule has 4 nitrogen and oxygen atoms in total. The molecular weight excluding hydrogens is 312 g/mol.